The molecule has 0 bridgehead atoms. The molecule has 1 atom stereocenters. The van der Waals surface area contributed by atoms with Crippen LogP contribution in [-0.4, -0.2) is 19.1 Å². The van der Waals surface area contributed by atoms with E-state index in [1.165, 1.54) is 38.1 Å². The molecule has 0 spiro atoms. The summed E-state index contributed by atoms with van der Waals surface area (Å²) in [7, 11) is -3.46. The van der Waals surface area contributed by atoms with Crippen molar-refractivity contribution in [2.24, 2.45) is 0 Å². The number of pyridine rings is 2. The number of thiophene rings is 2. The van der Waals surface area contributed by atoms with Crippen LogP contribution in [0.5, 0.6) is 0 Å². The summed E-state index contributed by atoms with van der Waals surface area (Å²) in [5, 5.41) is 11.5. The Hall–Kier alpha value is -8.71. The first kappa shape index (κ1) is 41.9. The van der Waals surface area contributed by atoms with Gasteiger partial charge in [-0.1, -0.05) is 188 Å². The molecule has 0 aliphatic rings. The fourth-order valence-corrected chi connectivity index (χ4v) is 17.6. The van der Waals surface area contributed by atoms with E-state index in [9.17, 15) is 0 Å². The first-order chi connectivity index (χ1) is 36.6. The van der Waals surface area contributed by atoms with Crippen LogP contribution < -0.4 is 15.9 Å². The minimum absolute atomic E-state index is 0.789. The van der Waals surface area contributed by atoms with Gasteiger partial charge in [0.25, 0.3) is 0 Å². The second-order valence-corrected chi connectivity index (χ2v) is 23.9. The highest BCUT2D eigenvalue weighted by atomic mass is 32.1. The number of hydrogen-bond acceptors (Lipinski definition) is 5. The maximum absolute atomic E-state index is 16.6. The Morgan fingerprint density at radius 3 is 1.57 bits per heavy atom. The molecule has 74 heavy (non-hydrogen) atoms. The van der Waals surface area contributed by atoms with Crippen molar-refractivity contribution in [2.75, 3.05) is 0 Å². The van der Waals surface area contributed by atoms with Gasteiger partial charge in [0.15, 0.2) is 7.14 Å². The smallest absolute Gasteiger partial charge is 0.173 e. The third-order valence-corrected chi connectivity index (χ3v) is 20.8. The Morgan fingerprint density at radius 1 is 0.365 bits per heavy atom. The molecule has 16 rings (SSSR count). The average Bonchev–Trinajstić information content (AvgIpc) is 4.28. The maximum atomic E-state index is 16.6. The highest BCUT2D eigenvalue weighted by Crippen LogP contribution is 2.50. The number of aromatic nitrogens is 4. The van der Waals surface area contributed by atoms with Crippen LogP contribution in [0.2, 0.25) is 0 Å². The molecular weight excluding hydrogens is 960 g/mol. The van der Waals surface area contributed by atoms with Gasteiger partial charge in [0, 0.05) is 74.1 Å². The minimum Gasteiger partial charge on any atom is -0.309 e. The van der Waals surface area contributed by atoms with Crippen LogP contribution >= 0.6 is 29.8 Å². The Morgan fingerprint density at radius 2 is 0.851 bits per heavy atom. The number of benzene rings is 10. The summed E-state index contributed by atoms with van der Waals surface area (Å²) in [5.41, 5.74) is 12.7. The SMILES string of the molecule is O=P(c1ccccc1)(c1ccc(-c2ccc3c(c2)sc2c(-n4c5ccccc5c5ccc6c7ccccc7n(-c7ccccc7)c6c54)c4ccccc4nc23)cc1)c1c2ccccc2nc2c1sc1ccccc12. The summed E-state index contributed by atoms with van der Waals surface area (Å²) >= 11 is 3.49. The minimum atomic E-state index is -3.46. The van der Waals surface area contributed by atoms with Crippen molar-refractivity contribution in [3.8, 4) is 22.5 Å². The van der Waals surface area contributed by atoms with Crippen molar-refractivity contribution in [2.45, 2.75) is 0 Å². The van der Waals surface area contributed by atoms with E-state index in [4.69, 9.17) is 9.97 Å². The first-order valence-corrected chi connectivity index (χ1v) is 28.2. The molecule has 8 heteroatoms. The van der Waals surface area contributed by atoms with Gasteiger partial charge in [-0.05, 0) is 59.7 Å². The van der Waals surface area contributed by atoms with Crippen LogP contribution in [0.25, 0.3) is 129 Å². The molecule has 0 saturated heterocycles. The van der Waals surface area contributed by atoms with Crippen LogP contribution in [0.4, 0.5) is 0 Å². The molecular formula is C66H39N4OPS2. The first-order valence-electron chi connectivity index (χ1n) is 24.8. The number of nitrogens with zero attached hydrogens (tertiary/aromatic N) is 4. The van der Waals surface area contributed by atoms with E-state index in [0.29, 0.717) is 0 Å². The van der Waals surface area contributed by atoms with Crippen LogP contribution in [0.3, 0.4) is 0 Å². The van der Waals surface area contributed by atoms with Crippen molar-refractivity contribution in [3.63, 3.8) is 0 Å². The van der Waals surface area contributed by atoms with Gasteiger partial charge in [0.1, 0.15) is 0 Å². The number of hydrogen-bond donors (Lipinski definition) is 0. The Balaban J connectivity index is 0.911. The van der Waals surface area contributed by atoms with E-state index in [1.54, 1.807) is 22.7 Å². The molecule has 0 radical (unpaired) electrons. The fraction of sp³-hybridized carbons (Fsp3) is 0. The summed E-state index contributed by atoms with van der Waals surface area (Å²) in [5.74, 6) is 0. The molecule has 1 unspecified atom stereocenters. The molecule has 5 nitrogen and oxygen atoms in total. The molecule has 0 aliphatic carbocycles. The molecule has 0 fully saturated rings. The molecule has 16 aromatic rings. The van der Waals surface area contributed by atoms with E-state index < -0.39 is 7.14 Å². The number of fused-ring (bicyclic) bond motifs is 15. The van der Waals surface area contributed by atoms with Crippen LogP contribution in [-0.2, 0) is 4.57 Å². The topological polar surface area (TPSA) is 52.7 Å². The zero-order chi connectivity index (χ0) is 48.6. The van der Waals surface area contributed by atoms with Crippen molar-refractivity contribution >= 4 is 152 Å². The van der Waals surface area contributed by atoms with Gasteiger partial charge in [-0.25, -0.2) is 9.97 Å². The van der Waals surface area contributed by atoms with E-state index in [-0.39, 0.29) is 0 Å². The Labute approximate surface area is 431 Å². The molecule has 0 amide bonds. The fourth-order valence-electron chi connectivity index (χ4n) is 11.9. The Bertz CT molecular complexity index is 5050. The van der Waals surface area contributed by atoms with E-state index in [1.807, 2.05) is 48.5 Å². The molecule has 0 aliphatic heterocycles. The number of rotatable bonds is 6. The second-order valence-electron chi connectivity index (χ2n) is 19.1. The van der Waals surface area contributed by atoms with Crippen LogP contribution in [0, 0.1) is 0 Å². The summed E-state index contributed by atoms with van der Waals surface area (Å²) < 4.78 is 26.0. The highest BCUT2D eigenvalue weighted by Gasteiger charge is 2.35. The van der Waals surface area contributed by atoms with Crippen molar-refractivity contribution < 1.29 is 4.57 Å². The van der Waals surface area contributed by atoms with Gasteiger partial charge in [0.2, 0.25) is 0 Å². The molecule has 6 aromatic heterocycles. The third kappa shape index (κ3) is 5.88. The predicted octanol–water partition coefficient (Wildman–Crippen LogP) is 17.0. The van der Waals surface area contributed by atoms with Crippen molar-refractivity contribution in [1.29, 1.82) is 0 Å². The zero-order valence-electron chi connectivity index (χ0n) is 39.5. The van der Waals surface area contributed by atoms with Crippen LogP contribution in [0.1, 0.15) is 0 Å². The van der Waals surface area contributed by atoms with Crippen molar-refractivity contribution in [1.82, 2.24) is 19.1 Å². The zero-order valence-corrected chi connectivity index (χ0v) is 42.0. The van der Waals surface area contributed by atoms with Gasteiger partial charge in [-0.3, -0.25) is 0 Å². The van der Waals surface area contributed by atoms with Gasteiger partial charge in [0.05, 0.1) is 59.2 Å². The second kappa shape index (κ2) is 15.9. The van der Waals surface area contributed by atoms with E-state index >= 15 is 4.57 Å². The lowest BCUT2D eigenvalue weighted by atomic mass is 10.0. The summed E-state index contributed by atoms with van der Waals surface area (Å²) in [6.07, 6.45) is 0. The van der Waals surface area contributed by atoms with Crippen molar-refractivity contribution in [3.05, 3.63) is 237 Å². The van der Waals surface area contributed by atoms with Gasteiger partial charge < -0.3 is 13.7 Å². The van der Waals surface area contributed by atoms with Gasteiger partial charge in [-0.15, -0.1) is 22.7 Å². The van der Waals surface area contributed by atoms with E-state index in [2.05, 4.69) is 197 Å². The van der Waals surface area contributed by atoms with Gasteiger partial charge >= 0.3 is 0 Å². The lowest BCUT2D eigenvalue weighted by molar-refractivity contribution is 0.593. The maximum Gasteiger partial charge on any atom is 0.173 e. The molecule has 0 saturated carbocycles. The summed E-state index contributed by atoms with van der Waals surface area (Å²) in [6.45, 7) is 0. The number of para-hydroxylation sites is 5. The summed E-state index contributed by atoms with van der Waals surface area (Å²) in [4.78, 5) is 10.7. The summed E-state index contributed by atoms with van der Waals surface area (Å²) in [6, 6.07) is 83.5. The van der Waals surface area contributed by atoms with Gasteiger partial charge in [-0.2, -0.15) is 0 Å². The largest absolute Gasteiger partial charge is 0.309 e. The molecule has 346 valence electrons. The quantitative estimate of drug-likeness (QED) is 0.156. The normalized spacial score (nSPS) is 13.0. The molecule has 10 aromatic carbocycles. The predicted molar refractivity (Wildman–Crippen MR) is 316 cm³/mol. The molecule has 0 N–H and O–H groups in total. The third-order valence-electron chi connectivity index (χ3n) is 15.2. The average molecular weight is 999 g/mol. The monoisotopic (exact) mass is 998 g/mol. The standard InChI is InChI=1S/C66H39N4OPS2/c71-72(43-19-5-2-6-20-43,64-50-24-8-13-27-54(50)68-60-51-25-11-16-30-57(51)73-66(60)64)44-34-31-40(32-35-44)41-33-36-52-58(39-41)74-65-59(52)67-53-26-12-7-23-49(53)63(65)70-56-29-15-10-22-46(56)48-38-37-47-45-21-9-14-28-55(45)69(61(47)62(48)70)42-17-3-1-4-18-42/h1-39H. The van der Waals surface area contributed by atoms with Crippen LogP contribution in [0.15, 0.2) is 237 Å². The van der Waals surface area contributed by atoms with E-state index in [0.717, 1.165) is 106 Å². The molecule has 6 heterocycles. The lowest BCUT2D eigenvalue weighted by Crippen LogP contribution is -2.26. The Kier molecular flexibility index (Phi) is 8.99. The lowest BCUT2D eigenvalue weighted by Gasteiger charge is -2.22. The highest BCUT2D eigenvalue weighted by molar-refractivity contribution is 7.86.